The van der Waals surface area contributed by atoms with E-state index in [0.717, 1.165) is 16.4 Å². The maximum absolute atomic E-state index is 13.2. The first-order chi connectivity index (χ1) is 11.6. The van der Waals surface area contributed by atoms with Crippen molar-refractivity contribution in [1.29, 1.82) is 0 Å². The number of nitrogens with zero attached hydrogens (tertiary/aromatic N) is 3. The zero-order chi connectivity index (χ0) is 17.9. The molecule has 130 valence electrons. The van der Waals surface area contributed by atoms with Gasteiger partial charge in [0.15, 0.2) is 0 Å². The molecular formula is C17H22F2N4S. The Morgan fingerprint density at radius 1 is 1.25 bits per heavy atom. The van der Waals surface area contributed by atoms with Gasteiger partial charge in [0.1, 0.15) is 16.6 Å². The zero-order valence-electron chi connectivity index (χ0n) is 13.9. The van der Waals surface area contributed by atoms with Crippen LogP contribution in [-0.2, 0) is 0 Å². The summed E-state index contributed by atoms with van der Waals surface area (Å²) in [6.45, 7) is 10.8. The number of piperidine rings is 1. The molecule has 0 bridgehead atoms. The van der Waals surface area contributed by atoms with Crippen molar-refractivity contribution < 1.29 is 8.78 Å². The number of halogens is 2. The average Bonchev–Trinajstić information content (AvgIpc) is 3.08. The predicted molar refractivity (Wildman–Crippen MR) is 96.5 cm³/mol. The van der Waals surface area contributed by atoms with Gasteiger partial charge in [0, 0.05) is 30.2 Å². The summed E-state index contributed by atoms with van der Waals surface area (Å²) in [5, 5.41) is 2.59. The molecule has 2 N–H and O–H groups in total. The van der Waals surface area contributed by atoms with E-state index >= 15 is 0 Å². The molecule has 7 heteroatoms. The van der Waals surface area contributed by atoms with E-state index < -0.39 is 17.8 Å². The van der Waals surface area contributed by atoms with Gasteiger partial charge < -0.3 is 10.6 Å². The molecule has 3 heterocycles. The normalized spacial score (nSPS) is 22.6. The Morgan fingerprint density at radius 3 is 2.33 bits per heavy atom. The molecule has 2 unspecified atom stereocenters. The minimum Gasteiger partial charge on any atom is -0.383 e. The first-order valence-electron chi connectivity index (χ1n) is 7.86. The molecule has 0 spiro atoms. The number of alkyl halides is 2. The molecule has 0 aromatic carbocycles. The van der Waals surface area contributed by atoms with Crippen LogP contribution in [0.2, 0.25) is 0 Å². The SMILES string of the molecule is C=C.CC.Nc1csc(-c2ccc(N3CC4C(C3)C4(F)F)nc2)n1. The fraction of sp³-hybridized carbons (Fsp3) is 0.412. The van der Waals surface area contributed by atoms with Crippen LogP contribution in [0.5, 0.6) is 0 Å². The van der Waals surface area contributed by atoms with Gasteiger partial charge in [0.25, 0.3) is 5.92 Å². The van der Waals surface area contributed by atoms with Crippen molar-refractivity contribution in [2.45, 2.75) is 19.8 Å². The molecule has 1 saturated carbocycles. The summed E-state index contributed by atoms with van der Waals surface area (Å²) < 4.78 is 26.3. The molecule has 4 rings (SSSR count). The Morgan fingerprint density at radius 2 is 1.88 bits per heavy atom. The first kappa shape index (κ1) is 18.3. The van der Waals surface area contributed by atoms with Gasteiger partial charge >= 0.3 is 0 Å². The Kier molecular flexibility index (Phi) is 5.54. The Labute approximate surface area is 145 Å². The second-order valence-corrected chi connectivity index (χ2v) is 6.13. The van der Waals surface area contributed by atoms with E-state index in [1.807, 2.05) is 30.9 Å². The highest BCUT2D eigenvalue weighted by Crippen LogP contribution is 2.59. The number of anilines is 2. The van der Waals surface area contributed by atoms with Crippen LogP contribution >= 0.6 is 11.3 Å². The van der Waals surface area contributed by atoms with Gasteiger partial charge in [-0.05, 0) is 12.1 Å². The molecule has 1 aliphatic heterocycles. The van der Waals surface area contributed by atoms with Crippen molar-refractivity contribution in [2.75, 3.05) is 23.7 Å². The van der Waals surface area contributed by atoms with Gasteiger partial charge in [-0.2, -0.15) is 0 Å². The number of thiazole rings is 1. The van der Waals surface area contributed by atoms with Crippen LogP contribution in [0.15, 0.2) is 36.9 Å². The summed E-state index contributed by atoms with van der Waals surface area (Å²) in [5.41, 5.74) is 6.48. The van der Waals surface area contributed by atoms with E-state index in [2.05, 4.69) is 23.1 Å². The maximum Gasteiger partial charge on any atom is 0.258 e. The van der Waals surface area contributed by atoms with E-state index in [0.29, 0.717) is 18.9 Å². The number of nitrogens with two attached hydrogens (primary N) is 1. The highest BCUT2D eigenvalue weighted by atomic mass is 32.1. The second-order valence-electron chi connectivity index (χ2n) is 5.28. The summed E-state index contributed by atoms with van der Waals surface area (Å²) in [4.78, 5) is 10.5. The lowest BCUT2D eigenvalue weighted by Crippen LogP contribution is -2.27. The van der Waals surface area contributed by atoms with E-state index in [9.17, 15) is 8.78 Å². The fourth-order valence-corrected chi connectivity index (χ4v) is 3.51. The van der Waals surface area contributed by atoms with Crippen LogP contribution in [0.1, 0.15) is 13.8 Å². The largest absolute Gasteiger partial charge is 0.383 e. The molecule has 2 aromatic heterocycles. The quantitative estimate of drug-likeness (QED) is 0.818. The highest BCUT2D eigenvalue weighted by molar-refractivity contribution is 7.13. The summed E-state index contributed by atoms with van der Waals surface area (Å²) in [6.07, 6.45) is 1.72. The summed E-state index contributed by atoms with van der Waals surface area (Å²) in [7, 11) is 0. The number of nitrogen functional groups attached to an aromatic ring is 1. The lowest BCUT2D eigenvalue weighted by atomic mass is 10.3. The smallest absolute Gasteiger partial charge is 0.258 e. The molecule has 2 aliphatic rings. The molecule has 24 heavy (non-hydrogen) atoms. The standard InChI is InChI=1S/C13H12F2N4S.C2H6.C2H4/c14-13(15)8-4-19(5-9(8)13)11-2-1-7(3-17-11)12-18-10(16)6-20-12;2*1-2/h1-3,6,8-9H,4-5,16H2;1-2H3;1-2H2. The first-order valence-corrected chi connectivity index (χ1v) is 8.74. The molecule has 2 atom stereocenters. The van der Waals surface area contributed by atoms with Gasteiger partial charge in [-0.15, -0.1) is 24.5 Å². The Hall–Kier alpha value is -2.02. The van der Waals surface area contributed by atoms with Crippen LogP contribution in [0.3, 0.4) is 0 Å². The third-order valence-electron chi connectivity index (χ3n) is 4.04. The van der Waals surface area contributed by atoms with E-state index in [-0.39, 0.29) is 0 Å². The number of hydrogen-bond donors (Lipinski definition) is 1. The van der Waals surface area contributed by atoms with Crippen LogP contribution in [-0.4, -0.2) is 29.0 Å². The zero-order valence-corrected chi connectivity index (χ0v) is 14.7. The minimum atomic E-state index is -2.45. The average molecular weight is 352 g/mol. The Bertz CT molecular complexity index is 657. The van der Waals surface area contributed by atoms with Gasteiger partial charge in [-0.1, -0.05) is 13.8 Å². The number of fused-ring (bicyclic) bond motifs is 1. The van der Waals surface area contributed by atoms with Gasteiger partial charge in [-0.25, -0.2) is 18.7 Å². The Balaban J connectivity index is 0.000000487. The van der Waals surface area contributed by atoms with Crippen LogP contribution in [0.4, 0.5) is 20.4 Å². The number of pyridine rings is 1. The van der Waals surface area contributed by atoms with E-state index in [1.54, 1.807) is 11.6 Å². The van der Waals surface area contributed by atoms with Crippen molar-refractivity contribution in [2.24, 2.45) is 11.8 Å². The van der Waals surface area contributed by atoms with Crippen molar-refractivity contribution in [1.82, 2.24) is 9.97 Å². The van der Waals surface area contributed by atoms with E-state index in [1.165, 1.54) is 11.3 Å². The highest BCUT2D eigenvalue weighted by Gasteiger charge is 2.71. The van der Waals surface area contributed by atoms with Crippen molar-refractivity contribution >= 4 is 23.0 Å². The van der Waals surface area contributed by atoms with Crippen molar-refractivity contribution in [3.8, 4) is 10.6 Å². The van der Waals surface area contributed by atoms with Crippen molar-refractivity contribution in [3.63, 3.8) is 0 Å². The van der Waals surface area contributed by atoms with Gasteiger partial charge in [0.2, 0.25) is 0 Å². The lowest BCUT2D eigenvalue weighted by molar-refractivity contribution is 0.0797. The summed E-state index contributed by atoms with van der Waals surface area (Å²) >= 11 is 1.46. The molecule has 0 radical (unpaired) electrons. The van der Waals surface area contributed by atoms with Crippen LogP contribution in [0, 0.1) is 11.8 Å². The maximum atomic E-state index is 13.2. The number of rotatable bonds is 2. The minimum absolute atomic E-state index is 0.397. The monoisotopic (exact) mass is 352 g/mol. The fourth-order valence-electron chi connectivity index (χ4n) is 2.81. The molecule has 4 nitrogen and oxygen atoms in total. The van der Waals surface area contributed by atoms with Crippen LogP contribution in [0.25, 0.3) is 10.6 Å². The summed E-state index contributed by atoms with van der Waals surface area (Å²) in [5.74, 6) is -2.17. The molecule has 2 aromatic rings. The molecule has 2 fully saturated rings. The lowest BCUT2D eigenvalue weighted by Gasteiger charge is -2.20. The molecular weight excluding hydrogens is 330 g/mol. The molecule has 1 aliphatic carbocycles. The van der Waals surface area contributed by atoms with Crippen LogP contribution < -0.4 is 10.6 Å². The third-order valence-corrected chi connectivity index (χ3v) is 4.95. The second kappa shape index (κ2) is 7.25. The summed E-state index contributed by atoms with van der Waals surface area (Å²) in [6, 6.07) is 3.76. The third kappa shape index (κ3) is 3.26. The molecule has 0 amide bonds. The van der Waals surface area contributed by atoms with Crippen molar-refractivity contribution in [3.05, 3.63) is 36.9 Å². The van der Waals surface area contributed by atoms with Gasteiger partial charge in [-0.3, -0.25) is 0 Å². The topological polar surface area (TPSA) is 55.0 Å². The van der Waals surface area contributed by atoms with E-state index in [4.69, 9.17) is 5.73 Å². The number of hydrogen-bond acceptors (Lipinski definition) is 5. The number of aromatic nitrogens is 2. The van der Waals surface area contributed by atoms with Gasteiger partial charge in [0.05, 0.1) is 11.8 Å². The predicted octanol–water partition coefficient (Wildman–Crippen LogP) is 4.32. The molecule has 1 saturated heterocycles.